The topological polar surface area (TPSA) is 135 Å². The second-order valence-corrected chi connectivity index (χ2v) is 7.29. The Labute approximate surface area is 198 Å². The number of nitro benzene ring substituents is 1. The number of benzene rings is 2. The number of nitrogens with one attached hydrogen (secondary N) is 1. The fourth-order valence-electron chi connectivity index (χ4n) is 3.25. The van der Waals surface area contributed by atoms with E-state index >= 15 is 0 Å². The number of furan rings is 1. The Balaban J connectivity index is 1.26. The number of carbonyl (C=O) groups is 1. The van der Waals surface area contributed by atoms with Gasteiger partial charge in [-0.25, -0.2) is 0 Å². The highest BCUT2D eigenvalue weighted by molar-refractivity contribution is 6.02. The summed E-state index contributed by atoms with van der Waals surface area (Å²) in [6.45, 7) is 0.240. The number of ether oxygens (including phenoxy) is 4. The largest absolute Gasteiger partial charge is 0.486 e. The van der Waals surface area contributed by atoms with Crippen LogP contribution in [0.3, 0.4) is 0 Å². The maximum Gasteiger partial charge on any atom is 0.291 e. The van der Waals surface area contributed by atoms with Gasteiger partial charge in [-0.1, -0.05) is 0 Å². The minimum Gasteiger partial charge on any atom is -0.486 e. The molecule has 5 rings (SSSR count). The third kappa shape index (κ3) is 5.14. The lowest BCUT2D eigenvalue weighted by Crippen LogP contribution is -2.11. The Morgan fingerprint density at radius 1 is 1.03 bits per heavy atom. The molecule has 2 aromatic carbocycles. The van der Waals surface area contributed by atoms with E-state index in [2.05, 4.69) is 10.3 Å². The first-order valence-electron chi connectivity index (χ1n) is 10.3. The normalized spacial score (nSPS) is 11.7. The number of anilines is 1. The maximum atomic E-state index is 12.7. The van der Waals surface area contributed by atoms with Crippen LogP contribution in [0.15, 0.2) is 77.5 Å². The van der Waals surface area contributed by atoms with Gasteiger partial charge in [-0.3, -0.25) is 19.9 Å². The summed E-state index contributed by atoms with van der Waals surface area (Å²) in [6.07, 6.45) is 3.04. The second kappa shape index (κ2) is 9.43. The molecule has 1 N–H and O–H groups in total. The van der Waals surface area contributed by atoms with Crippen molar-refractivity contribution in [1.29, 1.82) is 0 Å². The van der Waals surface area contributed by atoms with Crippen molar-refractivity contribution in [3.05, 3.63) is 94.7 Å². The van der Waals surface area contributed by atoms with Crippen LogP contribution in [-0.2, 0) is 6.61 Å². The minimum atomic E-state index is -0.591. The van der Waals surface area contributed by atoms with Crippen LogP contribution >= 0.6 is 0 Å². The van der Waals surface area contributed by atoms with Crippen molar-refractivity contribution >= 4 is 17.3 Å². The van der Waals surface area contributed by atoms with Crippen molar-refractivity contribution in [2.45, 2.75) is 6.61 Å². The van der Waals surface area contributed by atoms with Gasteiger partial charge in [0.15, 0.2) is 17.3 Å². The van der Waals surface area contributed by atoms with E-state index in [1.807, 2.05) is 0 Å². The average molecular weight is 475 g/mol. The fourth-order valence-corrected chi connectivity index (χ4v) is 3.25. The molecule has 0 atom stereocenters. The van der Waals surface area contributed by atoms with Gasteiger partial charge >= 0.3 is 0 Å². The Morgan fingerprint density at radius 3 is 2.74 bits per heavy atom. The highest BCUT2D eigenvalue weighted by Crippen LogP contribution is 2.35. The molecule has 0 bridgehead atoms. The molecule has 0 aliphatic carbocycles. The molecule has 1 amide bonds. The molecule has 0 unspecified atom stereocenters. The highest BCUT2D eigenvalue weighted by atomic mass is 16.7. The predicted molar refractivity (Wildman–Crippen MR) is 121 cm³/mol. The minimum absolute atomic E-state index is 0.00974. The number of hydrogen-bond acceptors (Lipinski definition) is 9. The SMILES string of the molecule is O=C(Nc1cc(Oc2cccnc2)cc([N+](=O)[O-])c1)c1ccc(COc2ccc3c(c2)OCO3)o1. The molecule has 35 heavy (non-hydrogen) atoms. The van der Waals surface area contributed by atoms with Gasteiger partial charge in [-0.2, -0.15) is 0 Å². The van der Waals surface area contributed by atoms with Crippen molar-refractivity contribution in [3.8, 4) is 28.7 Å². The smallest absolute Gasteiger partial charge is 0.291 e. The van der Waals surface area contributed by atoms with E-state index in [-0.39, 0.29) is 36.3 Å². The van der Waals surface area contributed by atoms with Crippen LogP contribution in [0, 0.1) is 10.1 Å². The Morgan fingerprint density at radius 2 is 1.91 bits per heavy atom. The first-order chi connectivity index (χ1) is 17.0. The van der Waals surface area contributed by atoms with Crippen LogP contribution in [0.2, 0.25) is 0 Å². The number of amides is 1. The first kappa shape index (κ1) is 21.8. The van der Waals surface area contributed by atoms with Crippen LogP contribution in [0.1, 0.15) is 16.3 Å². The van der Waals surface area contributed by atoms with Gasteiger partial charge in [0, 0.05) is 24.4 Å². The quantitative estimate of drug-likeness (QED) is 0.278. The Bertz CT molecular complexity index is 1390. The van der Waals surface area contributed by atoms with E-state index in [0.29, 0.717) is 28.8 Å². The molecule has 11 heteroatoms. The van der Waals surface area contributed by atoms with Gasteiger partial charge in [0.1, 0.15) is 29.6 Å². The van der Waals surface area contributed by atoms with E-state index in [4.69, 9.17) is 23.4 Å². The summed E-state index contributed by atoms with van der Waals surface area (Å²) in [5, 5.41) is 13.9. The molecular weight excluding hydrogens is 458 g/mol. The number of carbonyl (C=O) groups excluding carboxylic acids is 1. The zero-order chi connectivity index (χ0) is 24.2. The standard InChI is InChI=1S/C24H17N3O8/c28-24(22-6-4-19(35-22)13-31-17-3-5-21-23(11-17)33-14-32-21)26-15-8-16(27(29)30)10-20(9-15)34-18-2-1-7-25-12-18/h1-12H,13-14H2,(H,26,28). The Hall–Kier alpha value is -5.06. The zero-order valence-electron chi connectivity index (χ0n) is 18.0. The highest BCUT2D eigenvalue weighted by Gasteiger charge is 2.17. The van der Waals surface area contributed by atoms with E-state index < -0.39 is 10.8 Å². The molecule has 2 aromatic heterocycles. The molecule has 11 nitrogen and oxygen atoms in total. The average Bonchev–Trinajstić information content (AvgIpc) is 3.52. The number of nitrogens with zero attached hydrogens (tertiary/aromatic N) is 2. The van der Waals surface area contributed by atoms with Gasteiger partial charge in [-0.15, -0.1) is 0 Å². The van der Waals surface area contributed by atoms with Crippen LogP contribution in [-0.4, -0.2) is 22.6 Å². The summed E-state index contributed by atoms with van der Waals surface area (Å²) in [7, 11) is 0. The molecule has 0 saturated carbocycles. The number of pyridine rings is 1. The number of non-ortho nitro benzene ring substituents is 1. The van der Waals surface area contributed by atoms with E-state index in [0.717, 1.165) is 0 Å². The lowest BCUT2D eigenvalue weighted by atomic mass is 10.2. The lowest BCUT2D eigenvalue weighted by molar-refractivity contribution is -0.384. The van der Waals surface area contributed by atoms with E-state index in [9.17, 15) is 14.9 Å². The van der Waals surface area contributed by atoms with Crippen molar-refractivity contribution in [2.75, 3.05) is 12.1 Å². The molecule has 1 aliphatic rings. The fraction of sp³-hybridized carbons (Fsp3) is 0.0833. The summed E-state index contributed by atoms with van der Waals surface area (Å²) in [4.78, 5) is 27.4. The van der Waals surface area contributed by atoms with Crippen LogP contribution in [0.4, 0.5) is 11.4 Å². The molecule has 0 radical (unpaired) electrons. The molecule has 0 spiro atoms. The van der Waals surface area contributed by atoms with E-state index in [1.54, 1.807) is 42.6 Å². The molecule has 0 saturated heterocycles. The van der Waals surface area contributed by atoms with Gasteiger partial charge in [0.05, 0.1) is 22.9 Å². The number of hydrogen-bond donors (Lipinski definition) is 1. The summed E-state index contributed by atoms with van der Waals surface area (Å²) < 4.78 is 27.5. The summed E-state index contributed by atoms with van der Waals surface area (Å²) in [5.41, 5.74) is -0.0865. The molecular formula is C24H17N3O8. The van der Waals surface area contributed by atoms with Crippen molar-refractivity contribution < 1.29 is 33.1 Å². The summed E-state index contributed by atoms with van der Waals surface area (Å²) >= 11 is 0. The number of nitro groups is 1. The number of rotatable bonds is 8. The van der Waals surface area contributed by atoms with Crippen molar-refractivity contribution in [2.24, 2.45) is 0 Å². The molecule has 1 aliphatic heterocycles. The van der Waals surface area contributed by atoms with E-state index in [1.165, 1.54) is 30.5 Å². The third-order valence-corrected chi connectivity index (χ3v) is 4.84. The first-order valence-corrected chi connectivity index (χ1v) is 10.3. The molecule has 4 aromatic rings. The molecule has 3 heterocycles. The van der Waals surface area contributed by atoms with Gasteiger partial charge in [-0.05, 0) is 36.4 Å². The maximum absolute atomic E-state index is 12.7. The second-order valence-electron chi connectivity index (χ2n) is 7.29. The van der Waals surface area contributed by atoms with Gasteiger partial charge in [0.2, 0.25) is 6.79 Å². The molecule has 0 fully saturated rings. The number of aromatic nitrogens is 1. The summed E-state index contributed by atoms with van der Waals surface area (Å²) in [5.74, 6) is 2.17. The van der Waals surface area contributed by atoms with Gasteiger partial charge < -0.3 is 28.7 Å². The third-order valence-electron chi connectivity index (χ3n) is 4.84. The molecule has 176 valence electrons. The number of fused-ring (bicyclic) bond motifs is 1. The Kier molecular flexibility index (Phi) is 5.87. The zero-order valence-corrected chi connectivity index (χ0v) is 18.0. The lowest BCUT2D eigenvalue weighted by Gasteiger charge is -2.08. The van der Waals surface area contributed by atoms with Crippen LogP contribution < -0.4 is 24.3 Å². The van der Waals surface area contributed by atoms with Crippen LogP contribution in [0.5, 0.6) is 28.7 Å². The summed E-state index contributed by atoms with van der Waals surface area (Å²) in [6, 6.07) is 15.5. The van der Waals surface area contributed by atoms with Crippen LogP contribution in [0.25, 0.3) is 0 Å². The monoisotopic (exact) mass is 475 g/mol. The van der Waals surface area contributed by atoms with Gasteiger partial charge in [0.25, 0.3) is 11.6 Å². The predicted octanol–water partition coefficient (Wildman–Crippen LogP) is 4.94. The van der Waals surface area contributed by atoms with Crippen molar-refractivity contribution in [3.63, 3.8) is 0 Å². The van der Waals surface area contributed by atoms with Crippen molar-refractivity contribution in [1.82, 2.24) is 4.98 Å².